The first kappa shape index (κ1) is 25.7. The van der Waals surface area contributed by atoms with Crippen LogP contribution in [0.4, 0.5) is 5.82 Å². The van der Waals surface area contributed by atoms with E-state index in [0.29, 0.717) is 38.5 Å². The topological polar surface area (TPSA) is 111 Å². The lowest BCUT2D eigenvalue weighted by Gasteiger charge is -2.19. The molecule has 1 aromatic carbocycles. The van der Waals surface area contributed by atoms with Gasteiger partial charge in [-0.05, 0) is 55.0 Å². The lowest BCUT2D eigenvalue weighted by atomic mass is 10.1. The Bertz CT molecular complexity index is 958. The Morgan fingerprint density at radius 1 is 1.24 bits per heavy atom. The van der Waals surface area contributed by atoms with Crippen molar-refractivity contribution in [2.75, 3.05) is 19.0 Å². The quantitative estimate of drug-likeness (QED) is 0.323. The van der Waals surface area contributed by atoms with Gasteiger partial charge in [0.15, 0.2) is 0 Å². The number of nitrogens with zero attached hydrogens (tertiary/aromatic N) is 1. The molecule has 0 saturated carbocycles. The highest BCUT2D eigenvalue weighted by molar-refractivity contribution is 5.94. The van der Waals surface area contributed by atoms with Crippen LogP contribution in [0.25, 0.3) is 0 Å². The largest absolute Gasteiger partial charge is 0.497 e. The highest BCUT2D eigenvalue weighted by Gasteiger charge is 2.22. The molecule has 9 nitrogen and oxygen atoms in total. The number of carbonyl (C=O) groups is 2. The van der Waals surface area contributed by atoms with E-state index in [1.54, 1.807) is 12.6 Å². The van der Waals surface area contributed by atoms with Gasteiger partial charge in [0.25, 0.3) is 5.91 Å². The third-order valence-electron chi connectivity index (χ3n) is 5.90. The van der Waals surface area contributed by atoms with Crippen LogP contribution in [0, 0.1) is 0 Å². The van der Waals surface area contributed by atoms with Crippen LogP contribution in [0.15, 0.2) is 30.5 Å². The summed E-state index contributed by atoms with van der Waals surface area (Å²) in [6, 6.07) is 8.06. The monoisotopic (exact) mass is 473 g/mol. The van der Waals surface area contributed by atoms with Crippen molar-refractivity contribution in [2.45, 2.75) is 64.3 Å². The van der Waals surface area contributed by atoms with Crippen molar-refractivity contribution < 1.29 is 29.0 Å². The van der Waals surface area contributed by atoms with Gasteiger partial charge in [0.2, 0.25) is 5.91 Å². The fourth-order valence-corrected chi connectivity index (χ4v) is 4.06. The maximum atomic E-state index is 13.1. The molecule has 3 N–H and O–H groups in total. The summed E-state index contributed by atoms with van der Waals surface area (Å²) in [5.74, 6) is 0.904. The molecule has 2 heterocycles. The molecule has 186 valence electrons. The molecule has 2 bridgehead atoms. The summed E-state index contributed by atoms with van der Waals surface area (Å²) in [5, 5.41) is 11.6. The van der Waals surface area contributed by atoms with Gasteiger partial charge < -0.3 is 24.1 Å². The fraction of sp³-hybridized carbons (Fsp3) is 0.520. The van der Waals surface area contributed by atoms with Gasteiger partial charge in [-0.3, -0.25) is 14.8 Å². The lowest BCUT2D eigenvalue weighted by Crippen LogP contribution is -2.32. The first-order chi connectivity index (χ1) is 16.5. The Balaban J connectivity index is 1.71. The molecule has 0 spiro atoms. The van der Waals surface area contributed by atoms with Crippen LogP contribution < -0.4 is 15.5 Å². The maximum Gasteiger partial charge on any atom is 0.254 e. The van der Waals surface area contributed by atoms with Crippen LogP contribution in [-0.4, -0.2) is 41.4 Å². The number of carbonyl (C=O) groups excluding carboxylic acids is 2. The Labute approximate surface area is 200 Å². The molecule has 0 radical (unpaired) electrons. The number of benzene rings is 1. The van der Waals surface area contributed by atoms with Crippen molar-refractivity contribution in [3.63, 3.8) is 0 Å². The van der Waals surface area contributed by atoms with Gasteiger partial charge in [-0.1, -0.05) is 18.9 Å². The number of anilines is 1. The molecule has 1 atom stereocenters. The van der Waals surface area contributed by atoms with Crippen molar-refractivity contribution in [3.05, 3.63) is 47.2 Å². The summed E-state index contributed by atoms with van der Waals surface area (Å²) < 4.78 is 19.3. The minimum atomic E-state index is -0.596. The van der Waals surface area contributed by atoms with Gasteiger partial charge in [-0.15, -0.1) is 0 Å². The molecule has 9 heteroatoms. The molecule has 3 rings (SSSR count). The molecule has 2 aromatic rings. The SMILES string of the molecule is COc1cc2cc(c1)COCc1ccn(C)c1NC(=O)C(CCCCCC(=O)NO)OCCC2. The minimum absolute atomic E-state index is 0.187. The molecule has 2 amide bonds. The molecule has 34 heavy (non-hydrogen) atoms. The zero-order chi connectivity index (χ0) is 24.3. The van der Waals surface area contributed by atoms with Gasteiger partial charge in [-0.25, -0.2) is 5.48 Å². The van der Waals surface area contributed by atoms with Gasteiger partial charge in [0.1, 0.15) is 17.7 Å². The Morgan fingerprint density at radius 2 is 2.06 bits per heavy atom. The summed E-state index contributed by atoms with van der Waals surface area (Å²) in [6.07, 6.45) is 5.80. The molecular formula is C25H35N3O6. The van der Waals surface area contributed by atoms with Crippen LogP contribution >= 0.6 is 0 Å². The predicted molar refractivity (Wildman–Crippen MR) is 127 cm³/mol. The van der Waals surface area contributed by atoms with Crippen molar-refractivity contribution in [3.8, 4) is 5.75 Å². The Hall–Kier alpha value is -2.88. The van der Waals surface area contributed by atoms with E-state index in [9.17, 15) is 9.59 Å². The number of hydrogen-bond acceptors (Lipinski definition) is 6. The highest BCUT2D eigenvalue weighted by Crippen LogP contribution is 2.23. The molecule has 0 saturated heterocycles. The van der Waals surface area contributed by atoms with Crippen LogP contribution in [0.1, 0.15) is 55.2 Å². The average molecular weight is 474 g/mol. The number of aryl methyl sites for hydroxylation is 2. The third-order valence-corrected chi connectivity index (χ3v) is 5.90. The summed E-state index contributed by atoms with van der Waals surface area (Å²) in [6.45, 7) is 1.26. The molecule has 0 aliphatic carbocycles. The number of hydroxylamine groups is 1. The van der Waals surface area contributed by atoms with E-state index in [2.05, 4.69) is 11.4 Å². The van der Waals surface area contributed by atoms with Gasteiger partial charge in [0, 0.05) is 31.8 Å². The van der Waals surface area contributed by atoms with E-state index < -0.39 is 12.0 Å². The second-order valence-electron chi connectivity index (χ2n) is 8.57. The van der Waals surface area contributed by atoms with E-state index in [1.165, 1.54) is 0 Å². The number of ether oxygens (including phenoxy) is 3. The first-order valence-electron chi connectivity index (χ1n) is 11.7. The zero-order valence-electron chi connectivity index (χ0n) is 20.0. The minimum Gasteiger partial charge on any atom is -0.497 e. The molecule has 1 unspecified atom stereocenters. The fourth-order valence-electron chi connectivity index (χ4n) is 4.06. The van der Waals surface area contributed by atoms with Crippen molar-refractivity contribution >= 4 is 17.6 Å². The van der Waals surface area contributed by atoms with E-state index >= 15 is 0 Å². The highest BCUT2D eigenvalue weighted by atomic mass is 16.5. The van der Waals surface area contributed by atoms with Crippen molar-refractivity contribution in [1.82, 2.24) is 10.0 Å². The second-order valence-corrected chi connectivity index (χ2v) is 8.57. The molecule has 0 fully saturated rings. The van der Waals surface area contributed by atoms with E-state index in [0.717, 1.165) is 48.1 Å². The van der Waals surface area contributed by atoms with Gasteiger partial charge in [0.05, 0.1) is 20.3 Å². The lowest BCUT2D eigenvalue weighted by molar-refractivity contribution is -0.129. The number of aromatic nitrogens is 1. The summed E-state index contributed by atoms with van der Waals surface area (Å²) in [4.78, 5) is 24.3. The maximum absolute atomic E-state index is 13.1. The number of amides is 2. The molecule has 1 aliphatic heterocycles. The summed E-state index contributed by atoms with van der Waals surface area (Å²) >= 11 is 0. The molecule has 1 aliphatic rings. The zero-order valence-corrected chi connectivity index (χ0v) is 20.0. The Morgan fingerprint density at radius 3 is 2.85 bits per heavy atom. The number of fused-ring (bicyclic) bond motifs is 3. The van der Waals surface area contributed by atoms with Crippen molar-refractivity contribution in [1.29, 1.82) is 0 Å². The summed E-state index contributed by atoms with van der Waals surface area (Å²) in [7, 11) is 3.54. The standard InChI is InChI=1S/C25H35N3O6/c1-28-11-10-20-17-33-16-19-13-18(14-21(15-19)32-2)7-6-12-34-22(25(30)26-24(20)28)8-4-3-5-9-23(29)27-31/h10-11,13-15,22,31H,3-9,12,16-17H2,1-2H3,(H,26,30)(H,27,29). The average Bonchev–Trinajstić information content (AvgIpc) is 3.18. The number of rotatable bonds is 7. The normalized spacial score (nSPS) is 17.1. The number of hydrogen-bond donors (Lipinski definition) is 3. The van der Waals surface area contributed by atoms with Gasteiger partial charge in [-0.2, -0.15) is 0 Å². The van der Waals surface area contributed by atoms with Crippen LogP contribution in [0.5, 0.6) is 5.75 Å². The first-order valence-corrected chi connectivity index (χ1v) is 11.7. The number of nitrogens with one attached hydrogen (secondary N) is 2. The number of unbranched alkanes of at least 4 members (excludes halogenated alkanes) is 2. The molecular weight excluding hydrogens is 438 g/mol. The predicted octanol–water partition coefficient (Wildman–Crippen LogP) is 3.48. The Kier molecular flexibility index (Phi) is 9.93. The second kappa shape index (κ2) is 13.1. The van der Waals surface area contributed by atoms with Crippen LogP contribution in [-0.2, 0) is 45.7 Å². The number of methoxy groups -OCH3 is 1. The van der Waals surface area contributed by atoms with E-state index in [1.807, 2.05) is 36.0 Å². The van der Waals surface area contributed by atoms with Crippen LogP contribution in [0.2, 0.25) is 0 Å². The van der Waals surface area contributed by atoms with Crippen molar-refractivity contribution in [2.24, 2.45) is 7.05 Å². The van der Waals surface area contributed by atoms with E-state index in [4.69, 9.17) is 19.4 Å². The molecule has 1 aromatic heterocycles. The smallest absolute Gasteiger partial charge is 0.254 e. The third kappa shape index (κ3) is 7.58. The van der Waals surface area contributed by atoms with Crippen LogP contribution in [0.3, 0.4) is 0 Å². The van der Waals surface area contributed by atoms with E-state index in [-0.39, 0.29) is 12.3 Å². The summed E-state index contributed by atoms with van der Waals surface area (Å²) in [5.41, 5.74) is 4.71. The van der Waals surface area contributed by atoms with Gasteiger partial charge >= 0.3 is 0 Å².